The van der Waals surface area contributed by atoms with Crippen molar-refractivity contribution in [1.29, 1.82) is 5.26 Å². The topological polar surface area (TPSA) is 117 Å². The number of nitrogens with zero attached hydrogens (tertiary/aromatic N) is 2. The van der Waals surface area contributed by atoms with Gasteiger partial charge in [-0.25, -0.2) is 13.2 Å². The van der Waals surface area contributed by atoms with Crippen LogP contribution in [0.15, 0.2) is 53.4 Å². The van der Waals surface area contributed by atoms with Crippen molar-refractivity contribution in [3.63, 3.8) is 0 Å². The summed E-state index contributed by atoms with van der Waals surface area (Å²) >= 11 is 0. The first-order valence-electron chi connectivity index (χ1n) is 9.06. The van der Waals surface area contributed by atoms with E-state index in [-0.39, 0.29) is 11.3 Å². The minimum absolute atomic E-state index is 0.0745. The lowest BCUT2D eigenvalue weighted by atomic mass is 10.0. The molecule has 0 radical (unpaired) electrons. The molecule has 0 bridgehead atoms. The molecule has 1 N–H and O–H groups in total. The molecule has 1 amide bonds. The van der Waals surface area contributed by atoms with Crippen molar-refractivity contribution >= 4 is 21.9 Å². The molecule has 9 heteroatoms. The van der Waals surface area contributed by atoms with E-state index in [9.17, 15) is 18.0 Å². The van der Waals surface area contributed by atoms with Gasteiger partial charge in [-0.05, 0) is 36.8 Å². The van der Waals surface area contributed by atoms with Gasteiger partial charge in [0.2, 0.25) is 15.9 Å². The second kappa shape index (κ2) is 10.0. The molecule has 8 nitrogen and oxygen atoms in total. The Hall–Kier alpha value is -3.22. The van der Waals surface area contributed by atoms with Crippen LogP contribution in [0.2, 0.25) is 0 Å². The van der Waals surface area contributed by atoms with E-state index in [0.29, 0.717) is 11.1 Å². The van der Waals surface area contributed by atoms with E-state index in [1.165, 1.54) is 26.3 Å². The first-order valence-corrected chi connectivity index (χ1v) is 10.5. The Kier molecular flexibility index (Phi) is 7.69. The summed E-state index contributed by atoms with van der Waals surface area (Å²) in [5.41, 5.74) is 2.10. The molecule has 2 aromatic carbocycles. The standard InChI is InChI=1S/C21H23N3O5S/c1-15-4-10-18(11-5-15)30(27,28)24(2)14-20(25)23-19(21(26)29-3)12-16-6-8-17(13-22)9-7-16/h4-11,19H,12,14H2,1-3H3,(H,23,25). The molecule has 1 atom stereocenters. The Balaban J connectivity index is 2.08. The zero-order valence-corrected chi connectivity index (χ0v) is 17.8. The number of carbonyl (C=O) groups is 2. The van der Waals surface area contributed by atoms with Gasteiger partial charge in [0, 0.05) is 13.5 Å². The number of ether oxygens (including phenoxy) is 1. The molecule has 0 fully saturated rings. The van der Waals surface area contributed by atoms with Crippen LogP contribution in [-0.4, -0.2) is 51.3 Å². The zero-order chi connectivity index (χ0) is 22.3. The highest BCUT2D eigenvalue weighted by Crippen LogP contribution is 2.15. The number of aryl methyl sites for hydroxylation is 1. The van der Waals surface area contributed by atoms with Crippen LogP contribution >= 0.6 is 0 Å². The van der Waals surface area contributed by atoms with Gasteiger partial charge >= 0.3 is 5.97 Å². The Labute approximate surface area is 176 Å². The summed E-state index contributed by atoms with van der Waals surface area (Å²) in [5.74, 6) is -1.30. The third-order valence-corrected chi connectivity index (χ3v) is 6.26. The monoisotopic (exact) mass is 429 g/mol. The van der Waals surface area contributed by atoms with Crippen molar-refractivity contribution in [2.45, 2.75) is 24.3 Å². The van der Waals surface area contributed by atoms with E-state index in [1.54, 1.807) is 36.4 Å². The molecule has 0 saturated carbocycles. The molecule has 0 aliphatic carbocycles. The molecular formula is C21H23N3O5S. The van der Waals surface area contributed by atoms with Gasteiger partial charge in [0.15, 0.2) is 0 Å². The maximum atomic E-state index is 12.6. The number of benzene rings is 2. The van der Waals surface area contributed by atoms with Crippen molar-refractivity contribution in [1.82, 2.24) is 9.62 Å². The quantitative estimate of drug-likeness (QED) is 0.634. The number of likely N-dealkylation sites (N-methyl/N-ethyl adjacent to an activating group) is 1. The number of hydrogen-bond donors (Lipinski definition) is 1. The van der Waals surface area contributed by atoms with Gasteiger partial charge in [-0.2, -0.15) is 9.57 Å². The van der Waals surface area contributed by atoms with Crippen LogP contribution in [0.5, 0.6) is 0 Å². The summed E-state index contributed by atoms with van der Waals surface area (Å²) in [6.45, 7) is 1.38. The normalized spacial score (nSPS) is 12.1. The number of hydrogen-bond acceptors (Lipinski definition) is 6. The molecular weight excluding hydrogens is 406 g/mol. The number of methoxy groups -OCH3 is 1. The molecule has 0 aliphatic heterocycles. The third-order valence-electron chi connectivity index (χ3n) is 4.44. The molecule has 0 aliphatic rings. The van der Waals surface area contributed by atoms with Crippen LogP contribution in [0.1, 0.15) is 16.7 Å². The molecule has 0 spiro atoms. The molecule has 2 rings (SSSR count). The number of nitrogens with one attached hydrogen (secondary N) is 1. The van der Waals surface area contributed by atoms with Gasteiger partial charge in [-0.3, -0.25) is 4.79 Å². The lowest BCUT2D eigenvalue weighted by Gasteiger charge is -2.20. The van der Waals surface area contributed by atoms with Gasteiger partial charge in [0.1, 0.15) is 6.04 Å². The second-order valence-electron chi connectivity index (χ2n) is 6.73. The van der Waals surface area contributed by atoms with Crippen LogP contribution in [0, 0.1) is 18.3 Å². The average Bonchev–Trinajstić information content (AvgIpc) is 2.73. The Morgan fingerprint density at radius 2 is 1.73 bits per heavy atom. The molecule has 158 valence electrons. The highest BCUT2D eigenvalue weighted by atomic mass is 32.2. The lowest BCUT2D eigenvalue weighted by Crippen LogP contribution is -2.47. The number of carbonyl (C=O) groups excluding carboxylic acids is 2. The van der Waals surface area contributed by atoms with E-state index in [1.807, 2.05) is 13.0 Å². The number of esters is 1. The van der Waals surface area contributed by atoms with Crippen molar-refractivity contribution in [3.8, 4) is 6.07 Å². The Morgan fingerprint density at radius 3 is 2.27 bits per heavy atom. The van der Waals surface area contributed by atoms with Crippen LogP contribution in [0.25, 0.3) is 0 Å². The van der Waals surface area contributed by atoms with Crippen molar-refractivity contribution < 1.29 is 22.7 Å². The molecule has 1 unspecified atom stereocenters. The van der Waals surface area contributed by atoms with Crippen LogP contribution < -0.4 is 5.32 Å². The number of sulfonamides is 1. The summed E-state index contributed by atoms with van der Waals surface area (Å²) < 4.78 is 30.9. The van der Waals surface area contributed by atoms with Gasteiger partial charge in [0.05, 0.1) is 30.2 Å². The average molecular weight is 429 g/mol. The summed E-state index contributed by atoms with van der Waals surface area (Å²) in [4.78, 5) is 24.6. The number of nitriles is 1. The van der Waals surface area contributed by atoms with Gasteiger partial charge in [-0.15, -0.1) is 0 Å². The van der Waals surface area contributed by atoms with Crippen molar-refractivity contribution in [2.75, 3.05) is 20.7 Å². The lowest BCUT2D eigenvalue weighted by molar-refractivity contribution is -0.145. The fourth-order valence-electron chi connectivity index (χ4n) is 2.70. The highest BCUT2D eigenvalue weighted by molar-refractivity contribution is 7.89. The number of amides is 1. The Morgan fingerprint density at radius 1 is 1.13 bits per heavy atom. The summed E-state index contributed by atoms with van der Waals surface area (Å²) in [6, 6.07) is 13.9. The van der Waals surface area contributed by atoms with E-state index >= 15 is 0 Å². The van der Waals surface area contributed by atoms with E-state index < -0.39 is 34.5 Å². The minimum Gasteiger partial charge on any atom is -0.467 e. The SMILES string of the molecule is COC(=O)C(Cc1ccc(C#N)cc1)NC(=O)CN(C)S(=O)(=O)c1ccc(C)cc1. The fraction of sp³-hybridized carbons (Fsp3) is 0.286. The zero-order valence-electron chi connectivity index (χ0n) is 17.0. The maximum Gasteiger partial charge on any atom is 0.328 e. The Bertz CT molecular complexity index is 1040. The predicted octanol–water partition coefficient (Wildman–Crippen LogP) is 1.39. The molecule has 30 heavy (non-hydrogen) atoms. The molecule has 0 heterocycles. The number of rotatable bonds is 8. The smallest absolute Gasteiger partial charge is 0.328 e. The third kappa shape index (κ3) is 5.89. The molecule has 2 aromatic rings. The summed E-state index contributed by atoms with van der Waals surface area (Å²) in [7, 11) is -1.36. The molecule has 0 saturated heterocycles. The predicted molar refractivity (Wildman–Crippen MR) is 110 cm³/mol. The highest BCUT2D eigenvalue weighted by Gasteiger charge is 2.26. The van der Waals surface area contributed by atoms with Gasteiger partial charge in [0.25, 0.3) is 0 Å². The van der Waals surface area contributed by atoms with Crippen molar-refractivity contribution in [3.05, 3.63) is 65.2 Å². The first kappa shape index (κ1) is 23.1. The van der Waals surface area contributed by atoms with Gasteiger partial charge < -0.3 is 10.1 Å². The largest absolute Gasteiger partial charge is 0.467 e. The van der Waals surface area contributed by atoms with E-state index in [4.69, 9.17) is 10.00 Å². The van der Waals surface area contributed by atoms with E-state index in [0.717, 1.165) is 9.87 Å². The van der Waals surface area contributed by atoms with E-state index in [2.05, 4.69) is 5.32 Å². The summed E-state index contributed by atoms with van der Waals surface area (Å²) in [5, 5.41) is 11.4. The van der Waals surface area contributed by atoms with Crippen LogP contribution in [0.3, 0.4) is 0 Å². The second-order valence-corrected chi connectivity index (χ2v) is 8.78. The molecule has 0 aromatic heterocycles. The van der Waals surface area contributed by atoms with Crippen LogP contribution in [0.4, 0.5) is 0 Å². The minimum atomic E-state index is -3.85. The van der Waals surface area contributed by atoms with Gasteiger partial charge in [-0.1, -0.05) is 29.8 Å². The van der Waals surface area contributed by atoms with Crippen molar-refractivity contribution in [2.24, 2.45) is 0 Å². The fourth-order valence-corrected chi connectivity index (χ4v) is 3.83. The van der Waals surface area contributed by atoms with Crippen LogP contribution in [-0.2, 0) is 30.8 Å². The maximum absolute atomic E-state index is 12.6. The summed E-state index contributed by atoms with van der Waals surface area (Å²) in [6.07, 6.45) is 0.137. The first-order chi connectivity index (χ1) is 14.2.